The summed E-state index contributed by atoms with van der Waals surface area (Å²) in [6, 6.07) is 7.02. The van der Waals surface area contributed by atoms with E-state index in [1.165, 1.54) is 61.8 Å². The molecule has 0 spiro atoms. The third-order valence-corrected chi connectivity index (χ3v) is 4.74. The van der Waals surface area contributed by atoms with Crippen LogP contribution < -0.4 is 5.32 Å². The minimum absolute atomic E-state index is 0.525. The van der Waals surface area contributed by atoms with Crippen molar-refractivity contribution in [2.24, 2.45) is 5.41 Å². The molecule has 0 atom stereocenters. The van der Waals surface area contributed by atoms with E-state index in [1.807, 2.05) is 0 Å². The Kier molecular flexibility index (Phi) is 5.04. The summed E-state index contributed by atoms with van der Waals surface area (Å²) in [5, 5.41) is 3.66. The quantitative estimate of drug-likeness (QED) is 0.746. The Morgan fingerprint density at radius 2 is 1.84 bits per heavy atom. The second-order valence-electron chi connectivity index (χ2n) is 6.48. The van der Waals surface area contributed by atoms with Gasteiger partial charge in [-0.3, -0.25) is 0 Å². The van der Waals surface area contributed by atoms with Gasteiger partial charge in [0.2, 0.25) is 0 Å². The van der Waals surface area contributed by atoms with Crippen LogP contribution in [-0.4, -0.2) is 13.1 Å². The van der Waals surface area contributed by atoms with E-state index in [2.05, 4.69) is 44.3 Å². The molecule has 1 aromatic carbocycles. The number of rotatable bonds is 6. The molecule has 0 radical (unpaired) electrons. The van der Waals surface area contributed by atoms with Gasteiger partial charge in [0.05, 0.1) is 0 Å². The first-order valence-electron chi connectivity index (χ1n) is 7.92. The van der Waals surface area contributed by atoms with Crippen molar-refractivity contribution in [3.63, 3.8) is 0 Å². The Labute approximate surface area is 118 Å². The smallest absolute Gasteiger partial charge is 0.00110 e. The Bertz CT molecular complexity index is 402. The van der Waals surface area contributed by atoms with Gasteiger partial charge in [-0.25, -0.2) is 0 Å². The summed E-state index contributed by atoms with van der Waals surface area (Å²) in [5.74, 6) is 0. The van der Waals surface area contributed by atoms with Gasteiger partial charge in [-0.1, -0.05) is 38.0 Å². The van der Waals surface area contributed by atoms with Crippen molar-refractivity contribution in [2.45, 2.75) is 59.3 Å². The second kappa shape index (κ2) is 6.56. The van der Waals surface area contributed by atoms with Gasteiger partial charge in [-0.2, -0.15) is 0 Å². The van der Waals surface area contributed by atoms with E-state index < -0.39 is 0 Å². The van der Waals surface area contributed by atoms with E-state index in [-0.39, 0.29) is 0 Å². The molecule has 1 aromatic rings. The van der Waals surface area contributed by atoms with Gasteiger partial charge in [0.15, 0.2) is 0 Å². The fourth-order valence-corrected chi connectivity index (χ4v) is 3.42. The van der Waals surface area contributed by atoms with Crippen molar-refractivity contribution in [3.8, 4) is 0 Å². The lowest BCUT2D eigenvalue weighted by atomic mass is 9.79. The molecule has 106 valence electrons. The average Bonchev–Trinajstić information content (AvgIpc) is 2.83. The minimum atomic E-state index is 0.525. The monoisotopic (exact) mass is 259 g/mol. The molecule has 19 heavy (non-hydrogen) atoms. The molecule has 1 nitrogen and oxygen atoms in total. The third-order valence-electron chi connectivity index (χ3n) is 4.74. The van der Waals surface area contributed by atoms with Gasteiger partial charge in [-0.15, -0.1) is 0 Å². The highest BCUT2D eigenvalue weighted by atomic mass is 14.9. The summed E-state index contributed by atoms with van der Waals surface area (Å²) >= 11 is 0. The van der Waals surface area contributed by atoms with Crippen molar-refractivity contribution in [3.05, 3.63) is 34.9 Å². The first-order chi connectivity index (χ1) is 9.15. The maximum Gasteiger partial charge on any atom is 0.00110 e. The summed E-state index contributed by atoms with van der Waals surface area (Å²) < 4.78 is 0. The van der Waals surface area contributed by atoms with Crippen LogP contribution >= 0.6 is 0 Å². The summed E-state index contributed by atoms with van der Waals surface area (Å²) in [7, 11) is 0. The predicted molar refractivity (Wildman–Crippen MR) is 83.7 cm³/mol. The number of hydrogen-bond acceptors (Lipinski definition) is 1. The zero-order valence-corrected chi connectivity index (χ0v) is 12.9. The van der Waals surface area contributed by atoms with Crippen LogP contribution in [0.5, 0.6) is 0 Å². The van der Waals surface area contributed by atoms with Gasteiger partial charge in [-0.05, 0) is 68.2 Å². The molecular formula is C18H29N. The van der Waals surface area contributed by atoms with Crippen LogP contribution in [0.25, 0.3) is 0 Å². The third kappa shape index (κ3) is 3.82. The van der Waals surface area contributed by atoms with E-state index in [4.69, 9.17) is 0 Å². The lowest BCUT2D eigenvalue weighted by Gasteiger charge is -2.30. The SMILES string of the molecule is CCCNCC1(Cc2ccc(C)c(C)c2)CCCC1. The summed E-state index contributed by atoms with van der Waals surface area (Å²) in [4.78, 5) is 0. The summed E-state index contributed by atoms with van der Waals surface area (Å²) in [5.41, 5.74) is 4.90. The Balaban J connectivity index is 2.05. The zero-order chi connectivity index (χ0) is 13.7. The Morgan fingerprint density at radius 3 is 2.47 bits per heavy atom. The van der Waals surface area contributed by atoms with Crippen LogP contribution in [0.3, 0.4) is 0 Å². The van der Waals surface area contributed by atoms with Gasteiger partial charge >= 0.3 is 0 Å². The first kappa shape index (κ1) is 14.6. The normalized spacial score (nSPS) is 17.8. The van der Waals surface area contributed by atoms with Crippen LogP contribution in [0.1, 0.15) is 55.7 Å². The predicted octanol–water partition coefficient (Wildman–Crippen LogP) is 4.41. The van der Waals surface area contributed by atoms with Gasteiger partial charge in [0.25, 0.3) is 0 Å². The molecule has 0 heterocycles. The summed E-state index contributed by atoms with van der Waals surface area (Å²) in [6.45, 7) is 9.04. The largest absolute Gasteiger partial charge is 0.316 e. The van der Waals surface area contributed by atoms with Crippen LogP contribution in [0.15, 0.2) is 18.2 Å². The molecule has 0 aliphatic heterocycles. The molecule has 1 saturated carbocycles. The minimum Gasteiger partial charge on any atom is -0.316 e. The lowest BCUT2D eigenvalue weighted by Crippen LogP contribution is -2.34. The maximum atomic E-state index is 3.66. The number of nitrogens with one attached hydrogen (secondary N) is 1. The Morgan fingerprint density at radius 1 is 1.11 bits per heavy atom. The van der Waals surface area contributed by atoms with Crippen molar-refractivity contribution in [1.82, 2.24) is 5.32 Å². The maximum absolute atomic E-state index is 3.66. The van der Waals surface area contributed by atoms with E-state index in [1.54, 1.807) is 0 Å². The molecule has 2 rings (SSSR count). The van der Waals surface area contributed by atoms with Crippen molar-refractivity contribution in [2.75, 3.05) is 13.1 Å². The molecule has 0 bridgehead atoms. The molecule has 1 N–H and O–H groups in total. The number of hydrogen-bond donors (Lipinski definition) is 1. The average molecular weight is 259 g/mol. The molecule has 1 aliphatic carbocycles. The topological polar surface area (TPSA) is 12.0 Å². The van der Waals surface area contributed by atoms with Crippen molar-refractivity contribution >= 4 is 0 Å². The van der Waals surface area contributed by atoms with Crippen molar-refractivity contribution < 1.29 is 0 Å². The van der Waals surface area contributed by atoms with Crippen molar-refractivity contribution in [1.29, 1.82) is 0 Å². The highest BCUT2D eigenvalue weighted by Gasteiger charge is 2.33. The highest BCUT2D eigenvalue weighted by molar-refractivity contribution is 5.30. The zero-order valence-electron chi connectivity index (χ0n) is 12.9. The molecule has 1 fully saturated rings. The standard InChI is InChI=1S/C18H29N/c1-4-11-19-14-18(9-5-6-10-18)13-17-8-7-15(2)16(3)12-17/h7-8,12,19H,4-6,9-11,13-14H2,1-3H3. The van der Waals surface area contributed by atoms with Crippen LogP contribution in [0, 0.1) is 19.3 Å². The molecule has 1 heteroatoms. The van der Waals surface area contributed by atoms with Crippen LogP contribution in [0.2, 0.25) is 0 Å². The fourth-order valence-electron chi connectivity index (χ4n) is 3.42. The molecule has 1 aliphatic rings. The lowest BCUT2D eigenvalue weighted by molar-refractivity contribution is 0.278. The Hall–Kier alpha value is -0.820. The van der Waals surface area contributed by atoms with Crippen LogP contribution in [0.4, 0.5) is 0 Å². The first-order valence-corrected chi connectivity index (χ1v) is 7.92. The fraction of sp³-hybridized carbons (Fsp3) is 0.667. The van der Waals surface area contributed by atoms with Gasteiger partial charge in [0.1, 0.15) is 0 Å². The van der Waals surface area contributed by atoms with E-state index in [0.717, 1.165) is 6.54 Å². The number of benzene rings is 1. The molecule has 0 aromatic heterocycles. The second-order valence-corrected chi connectivity index (χ2v) is 6.48. The van der Waals surface area contributed by atoms with Gasteiger partial charge in [0, 0.05) is 6.54 Å². The van der Waals surface area contributed by atoms with E-state index in [0.29, 0.717) is 5.41 Å². The molecule has 0 amide bonds. The highest BCUT2D eigenvalue weighted by Crippen LogP contribution is 2.40. The van der Waals surface area contributed by atoms with Crippen LogP contribution in [-0.2, 0) is 6.42 Å². The van der Waals surface area contributed by atoms with E-state index in [9.17, 15) is 0 Å². The molecule has 0 saturated heterocycles. The number of aryl methyl sites for hydroxylation is 2. The summed E-state index contributed by atoms with van der Waals surface area (Å²) in [6.07, 6.45) is 8.12. The molecular weight excluding hydrogens is 230 g/mol. The van der Waals surface area contributed by atoms with Gasteiger partial charge < -0.3 is 5.32 Å². The van der Waals surface area contributed by atoms with E-state index >= 15 is 0 Å². The molecule has 0 unspecified atom stereocenters.